The summed E-state index contributed by atoms with van der Waals surface area (Å²) < 4.78 is 0. The SMILES string of the molecule is CCC(C)(C)C1(C)C#C1. The average Bonchev–Trinajstić information content (AvgIpc) is 2.49. The van der Waals surface area contributed by atoms with Crippen molar-refractivity contribution in [2.24, 2.45) is 10.8 Å². The third-order valence-corrected chi connectivity index (χ3v) is 2.74. The van der Waals surface area contributed by atoms with Gasteiger partial charge in [0.05, 0.1) is 5.41 Å². The summed E-state index contributed by atoms with van der Waals surface area (Å²) in [7, 11) is 0. The molecule has 0 spiro atoms. The lowest BCUT2D eigenvalue weighted by atomic mass is 9.73. The topological polar surface area (TPSA) is 0 Å². The monoisotopic (exact) mass is 122 g/mol. The Balaban J connectivity index is 2.60. The molecule has 0 saturated carbocycles. The Hall–Kier alpha value is -0.440. The van der Waals surface area contributed by atoms with Crippen molar-refractivity contribution >= 4 is 0 Å². The van der Waals surface area contributed by atoms with Gasteiger partial charge in [0, 0.05) is 0 Å². The molecule has 0 amide bonds. The summed E-state index contributed by atoms with van der Waals surface area (Å²) in [4.78, 5) is 0. The van der Waals surface area contributed by atoms with E-state index in [1.54, 1.807) is 0 Å². The lowest BCUT2D eigenvalue weighted by Gasteiger charge is -2.29. The minimum atomic E-state index is 0.196. The molecule has 0 heteroatoms. The number of hydrogen-bond acceptors (Lipinski definition) is 0. The fraction of sp³-hybridized carbons (Fsp3) is 0.778. The molecule has 0 atom stereocenters. The Bertz CT molecular complexity index is 168. The van der Waals surface area contributed by atoms with Crippen LogP contribution in [0.2, 0.25) is 0 Å². The molecular weight excluding hydrogens is 108 g/mol. The van der Waals surface area contributed by atoms with Crippen molar-refractivity contribution in [1.29, 1.82) is 0 Å². The van der Waals surface area contributed by atoms with Crippen molar-refractivity contribution in [3.8, 4) is 11.8 Å². The molecule has 1 rings (SSSR count). The molecule has 0 fully saturated rings. The van der Waals surface area contributed by atoms with Crippen LogP contribution in [0.5, 0.6) is 0 Å². The van der Waals surface area contributed by atoms with Gasteiger partial charge in [0.25, 0.3) is 0 Å². The highest BCUT2D eigenvalue weighted by atomic mass is 14.4. The zero-order valence-corrected chi connectivity index (χ0v) is 6.71. The highest BCUT2D eigenvalue weighted by Gasteiger charge is 2.42. The molecule has 50 valence electrons. The van der Waals surface area contributed by atoms with Gasteiger partial charge in [0.2, 0.25) is 0 Å². The van der Waals surface area contributed by atoms with Crippen LogP contribution in [0, 0.1) is 22.7 Å². The van der Waals surface area contributed by atoms with Crippen molar-refractivity contribution in [2.45, 2.75) is 34.1 Å². The second kappa shape index (κ2) is 1.53. The van der Waals surface area contributed by atoms with Crippen LogP contribution in [0.15, 0.2) is 0 Å². The van der Waals surface area contributed by atoms with Crippen molar-refractivity contribution in [1.82, 2.24) is 0 Å². The van der Waals surface area contributed by atoms with Gasteiger partial charge < -0.3 is 0 Å². The van der Waals surface area contributed by atoms with Crippen LogP contribution < -0.4 is 0 Å². The van der Waals surface area contributed by atoms with Gasteiger partial charge in [0.15, 0.2) is 0 Å². The maximum absolute atomic E-state index is 3.15. The minimum Gasteiger partial charge on any atom is -0.0815 e. The van der Waals surface area contributed by atoms with E-state index < -0.39 is 0 Å². The third-order valence-electron chi connectivity index (χ3n) is 2.74. The van der Waals surface area contributed by atoms with Crippen molar-refractivity contribution in [3.05, 3.63) is 0 Å². The number of rotatable bonds is 2. The first-order valence-corrected chi connectivity index (χ1v) is 3.56. The lowest BCUT2D eigenvalue weighted by Crippen LogP contribution is -2.24. The molecule has 0 bridgehead atoms. The fourth-order valence-electron chi connectivity index (χ4n) is 0.786. The summed E-state index contributed by atoms with van der Waals surface area (Å²) >= 11 is 0. The largest absolute Gasteiger partial charge is 0.0942 e. The van der Waals surface area contributed by atoms with Crippen LogP contribution in [-0.2, 0) is 0 Å². The van der Waals surface area contributed by atoms with Crippen LogP contribution in [-0.4, -0.2) is 0 Å². The van der Waals surface area contributed by atoms with Crippen molar-refractivity contribution < 1.29 is 0 Å². The van der Waals surface area contributed by atoms with Crippen LogP contribution >= 0.6 is 0 Å². The predicted octanol–water partition coefficient (Wildman–Crippen LogP) is 2.45. The molecule has 0 aliphatic heterocycles. The van der Waals surface area contributed by atoms with E-state index in [4.69, 9.17) is 0 Å². The Labute approximate surface area is 57.7 Å². The predicted molar refractivity (Wildman–Crippen MR) is 40.0 cm³/mol. The van der Waals surface area contributed by atoms with E-state index in [-0.39, 0.29) is 5.41 Å². The summed E-state index contributed by atoms with van der Waals surface area (Å²) in [6.07, 6.45) is 1.20. The molecular formula is C9H14. The molecule has 0 saturated heterocycles. The summed E-state index contributed by atoms with van der Waals surface area (Å²) in [6, 6.07) is 0. The molecule has 0 N–H and O–H groups in total. The first-order chi connectivity index (χ1) is 4.02. The van der Waals surface area contributed by atoms with E-state index in [1.807, 2.05) is 0 Å². The third kappa shape index (κ3) is 0.852. The second-order valence-corrected chi connectivity index (χ2v) is 3.61. The molecule has 0 aromatic rings. The average molecular weight is 122 g/mol. The molecule has 0 nitrogen and oxygen atoms in total. The Morgan fingerprint density at radius 3 is 1.89 bits per heavy atom. The van der Waals surface area contributed by atoms with E-state index >= 15 is 0 Å². The van der Waals surface area contributed by atoms with Gasteiger partial charge in [-0.25, -0.2) is 0 Å². The molecule has 9 heavy (non-hydrogen) atoms. The Morgan fingerprint density at radius 2 is 1.78 bits per heavy atom. The first kappa shape index (κ1) is 6.68. The van der Waals surface area contributed by atoms with Gasteiger partial charge >= 0.3 is 0 Å². The highest BCUT2D eigenvalue weighted by molar-refractivity contribution is 5.42. The van der Waals surface area contributed by atoms with Crippen LogP contribution in [0.3, 0.4) is 0 Å². The van der Waals surface area contributed by atoms with Crippen LogP contribution in [0.4, 0.5) is 0 Å². The van der Waals surface area contributed by atoms with E-state index in [0.717, 1.165) is 0 Å². The molecule has 0 aromatic carbocycles. The highest BCUT2D eigenvalue weighted by Crippen LogP contribution is 2.46. The van der Waals surface area contributed by atoms with E-state index in [9.17, 15) is 0 Å². The van der Waals surface area contributed by atoms with Gasteiger partial charge in [-0.05, 0) is 18.8 Å². The maximum Gasteiger partial charge on any atom is 0.0942 e. The normalized spacial score (nSPS) is 20.4. The summed E-state index contributed by atoms with van der Waals surface area (Å²) in [5.41, 5.74) is 0.564. The van der Waals surface area contributed by atoms with Gasteiger partial charge in [-0.3, -0.25) is 0 Å². The van der Waals surface area contributed by atoms with Crippen LogP contribution in [0.25, 0.3) is 0 Å². The zero-order chi connectivity index (χ0) is 7.12. The molecule has 1 aliphatic carbocycles. The molecule has 0 aromatic heterocycles. The van der Waals surface area contributed by atoms with Gasteiger partial charge in [-0.15, -0.1) is 0 Å². The van der Waals surface area contributed by atoms with Gasteiger partial charge in [-0.1, -0.05) is 32.6 Å². The van der Waals surface area contributed by atoms with Crippen LogP contribution in [0.1, 0.15) is 34.1 Å². The van der Waals surface area contributed by atoms with Gasteiger partial charge in [-0.2, -0.15) is 0 Å². The molecule has 0 heterocycles. The maximum atomic E-state index is 3.15. The second-order valence-electron chi connectivity index (χ2n) is 3.61. The fourth-order valence-corrected chi connectivity index (χ4v) is 0.786. The molecule has 1 aliphatic rings. The van der Waals surface area contributed by atoms with E-state index in [0.29, 0.717) is 5.41 Å². The summed E-state index contributed by atoms with van der Waals surface area (Å²) in [5, 5.41) is 0. The van der Waals surface area contributed by atoms with Crippen molar-refractivity contribution in [3.63, 3.8) is 0 Å². The van der Waals surface area contributed by atoms with E-state index in [2.05, 4.69) is 39.5 Å². The Kier molecular flexibility index (Phi) is 1.14. The quantitative estimate of drug-likeness (QED) is 0.493. The molecule has 0 radical (unpaired) electrons. The standard InChI is InChI=1S/C9H14/c1-5-8(2,3)9(4)6-7-9/h5H2,1-4H3. The smallest absolute Gasteiger partial charge is 0.0815 e. The van der Waals surface area contributed by atoms with Crippen molar-refractivity contribution in [2.75, 3.05) is 0 Å². The number of hydrogen-bond donors (Lipinski definition) is 0. The zero-order valence-electron chi connectivity index (χ0n) is 6.71. The molecule has 0 unspecified atom stereocenters. The lowest BCUT2D eigenvalue weighted by molar-refractivity contribution is 0.232. The van der Waals surface area contributed by atoms with E-state index in [1.165, 1.54) is 6.42 Å². The summed E-state index contributed by atoms with van der Waals surface area (Å²) in [6.45, 7) is 8.93. The van der Waals surface area contributed by atoms with Gasteiger partial charge in [0.1, 0.15) is 0 Å². The first-order valence-electron chi connectivity index (χ1n) is 3.56. The summed E-state index contributed by atoms with van der Waals surface area (Å²) in [5.74, 6) is 6.30. The Morgan fingerprint density at radius 1 is 1.33 bits per heavy atom. The minimum absolute atomic E-state index is 0.196.